The third kappa shape index (κ3) is 3.31. The molecule has 1 spiro atoms. The van der Waals surface area contributed by atoms with E-state index in [0.29, 0.717) is 32.1 Å². The second-order valence-electron chi connectivity index (χ2n) is 13.8. The highest BCUT2D eigenvalue weighted by atomic mass is 16.7. The van der Waals surface area contributed by atoms with Crippen LogP contribution in [0.1, 0.15) is 65.2 Å². The van der Waals surface area contributed by atoms with E-state index in [4.69, 9.17) is 18.9 Å². The van der Waals surface area contributed by atoms with Crippen LogP contribution < -0.4 is 0 Å². The number of aliphatic hydroxyl groups excluding tert-OH is 3. The van der Waals surface area contributed by atoms with Crippen molar-refractivity contribution in [1.29, 1.82) is 0 Å². The summed E-state index contributed by atoms with van der Waals surface area (Å²) in [5.41, 5.74) is -3.38. The lowest BCUT2D eigenvalue weighted by Gasteiger charge is -2.63. The molecule has 2 saturated heterocycles. The molecule has 6 fully saturated rings. The van der Waals surface area contributed by atoms with Gasteiger partial charge in [-0.15, -0.1) is 0 Å². The van der Waals surface area contributed by atoms with Crippen molar-refractivity contribution < 1.29 is 54.1 Å². The number of fused-ring (bicyclic) bond motifs is 2. The molecule has 3 heterocycles. The van der Waals surface area contributed by atoms with Gasteiger partial charge in [0.25, 0.3) is 0 Å². The van der Waals surface area contributed by atoms with E-state index >= 15 is 0 Å². The molecule has 0 amide bonds. The molecule has 0 bridgehead atoms. The van der Waals surface area contributed by atoms with E-state index in [1.807, 2.05) is 0 Å². The fourth-order valence-electron chi connectivity index (χ4n) is 10.3. The summed E-state index contributed by atoms with van der Waals surface area (Å²) in [6.45, 7) is 3.86. The number of hydrogen-bond donors (Lipinski definition) is 5. The fourth-order valence-corrected chi connectivity index (χ4v) is 10.3. The molecular formula is C29H40O11. The Kier molecular flexibility index (Phi) is 5.94. The van der Waals surface area contributed by atoms with E-state index < -0.39 is 70.9 Å². The molecule has 14 atom stereocenters. The van der Waals surface area contributed by atoms with E-state index in [9.17, 15) is 35.1 Å². The van der Waals surface area contributed by atoms with Gasteiger partial charge in [0, 0.05) is 23.8 Å². The Morgan fingerprint density at radius 2 is 1.75 bits per heavy atom. The molecule has 5 N–H and O–H groups in total. The Morgan fingerprint density at radius 1 is 0.975 bits per heavy atom. The minimum Gasteiger partial charge on any atom is -0.461 e. The van der Waals surface area contributed by atoms with E-state index in [1.165, 1.54) is 0 Å². The minimum absolute atomic E-state index is 0.0525. The van der Waals surface area contributed by atoms with Gasteiger partial charge in [0.1, 0.15) is 36.4 Å². The minimum atomic E-state index is -1.45. The van der Waals surface area contributed by atoms with Gasteiger partial charge in [-0.05, 0) is 69.3 Å². The molecule has 222 valence electrons. The van der Waals surface area contributed by atoms with Crippen molar-refractivity contribution in [3.63, 3.8) is 0 Å². The predicted molar refractivity (Wildman–Crippen MR) is 134 cm³/mol. The summed E-state index contributed by atoms with van der Waals surface area (Å²) in [4.78, 5) is 25.6. The number of aliphatic hydroxyl groups is 5. The largest absolute Gasteiger partial charge is 0.461 e. The van der Waals surface area contributed by atoms with Crippen LogP contribution >= 0.6 is 0 Å². The molecule has 7 aliphatic rings. The van der Waals surface area contributed by atoms with Crippen LogP contribution in [0.2, 0.25) is 0 Å². The van der Waals surface area contributed by atoms with Crippen molar-refractivity contribution in [3.05, 3.63) is 11.6 Å². The van der Waals surface area contributed by atoms with Gasteiger partial charge in [-0.25, -0.2) is 4.79 Å². The predicted octanol–water partition coefficient (Wildman–Crippen LogP) is 0.0864. The lowest BCUT2D eigenvalue weighted by atomic mass is 9.41. The molecule has 4 saturated carbocycles. The standard InChI is InChI=1S/C29H40O11/c1-13-21(31)22(32)23(33)24(38-13)39-15-3-7-28-20-17(4-6-27(28,35)10-15)29(36)8-5-16(14-9-19(30)37-12-14)26(29,2)11-18(20)40-25(28)34/h9,13,15-18,20-24,31-33,35-36H,3-8,10-12H2,1-2H3/t13-,15-,16+,17+,18+,20+,21-,22+,23+,24-,26+,27-,28+,29-/m0/s1. The number of rotatable bonds is 3. The highest BCUT2D eigenvalue weighted by Crippen LogP contribution is 2.73. The van der Waals surface area contributed by atoms with Crippen LogP contribution in [0.15, 0.2) is 11.6 Å². The summed E-state index contributed by atoms with van der Waals surface area (Å²) in [6, 6.07) is 0. The second kappa shape index (κ2) is 8.72. The number of esters is 2. The maximum atomic E-state index is 13.8. The van der Waals surface area contributed by atoms with Gasteiger partial charge in [-0.3, -0.25) is 4.79 Å². The first-order valence-corrected chi connectivity index (χ1v) is 14.7. The first kappa shape index (κ1) is 27.2. The van der Waals surface area contributed by atoms with E-state index in [2.05, 4.69) is 6.92 Å². The summed E-state index contributed by atoms with van der Waals surface area (Å²) in [7, 11) is 0. The van der Waals surface area contributed by atoms with Gasteiger partial charge < -0.3 is 44.5 Å². The zero-order chi connectivity index (χ0) is 28.4. The molecular weight excluding hydrogens is 524 g/mol. The number of ether oxygens (including phenoxy) is 4. The molecule has 0 unspecified atom stereocenters. The van der Waals surface area contributed by atoms with Crippen molar-refractivity contribution in [2.45, 2.75) is 119 Å². The van der Waals surface area contributed by atoms with Crippen molar-refractivity contribution in [1.82, 2.24) is 0 Å². The lowest BCUT2D eigenvalue weighted by Crippen LogP contribution is -2.70. The molecule has 0 radical (unpaired) electrons. The first-order chi connectivity index (χ1) is 18.8. The summed E-state index contributed by atoms with van der Waals surface area (Å²) in [5.74, 6) is -1.42. The summed E-state index contributed by atoms with van der Waals surface area (Å²) in [6.07, 6.45) is -2.16. The van der Waals surface area contributed by atoms with E-state index in [1.54, 1.807) is 13.0 Å². The molecule has 11 nitrogen and oxygen atoms in total. The van der Waals surface area contributed by atoms with Crippen LogP contribution in [0.25, 0.3) is 0 Å². The zero-order valence-corrected chi connectivity index (χ0v) is 22.9. The van der Waals surface area contributed by atoms with E-state index in [0.717, 1.165) is 12.0 Å². The SMILES string of the molecule is C[C@@H]1O[C@@H](O[C@H]2CC[C@@]34C(=O)O[C@@H]5C[C@]6(C)[C@@H](C7=CC(=O)OC7)CC[C@]6(O)[C@H](CC[C@]3(O)C2)[C@H]54)[C@H](O)[C@H](O)[C@H]1O. The highest BCUT2D eigenvalue weighted by molar-refractivity contribution is 5.85. The molecule has 3 aliphatic heterocycles. The van der Waals surface area contributed by atoms with Gasteiger partial charge >= 0.3 is 11.9 Å². The Morgan fingerprint density at radius 3 is 2.48 bits per heavy atom. The van der Waals surface area contributed by atoms with E-state index in [-0.39, 0.29) is 43.2 Å². The molecule has 0 aromatic carbocycles. The second-order valence-corrected chi connectivity index (χ2v) is 13.8. The Balaban J connectivity index is 1.16. The maximum Gasteiger partial charge on any atom is 0.331 e. The van der Waals surface area contributed by atoms with Gasteiger partial charge in [0.2, 0.25) is 0 Å². The summed E-state index contributed by atoms with van der Waals surface area (Å²) >= 11 is 0. The Bertz CT molecular complexity index is 1140. The average molecular weight is 565 g/mol. The third-order valence-electron chi connectivity index (χ3n) is 12.2. The van der Waals surface area contributed by atoms with Crippen LogP contribution in [0, 0.1) is 28.6 Å². The van der Waals surface area contributed by atoms with Crippen molar-refractivity contribution >= 4 is 11.9 Å². The average Bonchev–Trinajstić information content (AvgIpc) is 3.53. The smallest absolute Gasteiger partial charge is 0.331 e. The van der Waals surface area contributed by atoms with Gasteiger partial charge in [0.05, 0.1) is 23.4 Å². The van der Waals surface area contributed by atoms with Crippen LogP contribution in [-0.4, -0.2) is 98.2 Å². The first-order valence-electron chi connectivity index (χ1n) is 14.7. The van der Waals surface area contributed by atoms with Crippen LogP contribution in [0.4, 0.5) is 0 Å². The number of carbonyl (C=O) groups excluding carboxylic acids is 2. The molecule has 40 heavy (non-hydrogen) atoms. The molecule has 11 heteroatoms. The van der Waals surface area contributed by atoms with Crippen molar-refractivity contribution in [2.75, 3.05) is 6.61 Å². The third-order valence-corrected chi connectivity index (χ3v) is 12.2. The summed E-state index contributed by atoms with van der Waals surface area (Å²) < 4.78 is 23.0. The molecule has 0 aromatic heterocycles. The quantitative estimate of drug-likeness (QED) is 0.232. The lowest BCUT2D eigenvalue weighted by molar-refractivity contribution is -0.316. The van der Waals surface area contributed by atoms with Crippen LogP contribution in [-0.2, 0) is 28.5 Å². The number of carbonyl (C=O) groups is 2. The van der Waals surface area contributed by atoms with Crippen LogP contribution in [0.3, 0.4) is 0 Å². The van der Waals surface area contributed by atoms with Gasteiger partial charge in [-0.1, -0.05) is 6.92 Å². The molecule has 0 aromatic rings. The number of cyclic esters (lactones) is 1. The maximum absolute atomic E-state index is 13.8. The fraction of sp³-hybridized carbons (Fsp3) is 0.862. The van der Waals surface area contributed by atoms with Crippen molar-refractivity contribution in [3.8, 4) is 0 Å². The molecule has 4 aliphatic carbocycles. The Labute approximate surface area is 232 Å². The Hall–Kier alpha value is -1.60. The topological polar surface area (TPSA) is 172 Å². The normalized spacial score (nSPS) is 57.0. The number of hydrogen-bond acceptors (Lipinski definition) is 11. The summed E-state index contributed by atoms with van der Waals surface area (Å²) in [5, 5.41) is 55.3. The zero-order valence-electron chi connectivity index (χ0n) is 22.9. The van der Waals surface area contributed by atoms with Crippen molar-refractivity contribution in [2.24, 2.45) is 28.6 Å². The van der Waals surface area contributed by atoms with Gasteiger partial charge in [0.15, 0.2) is 6.29 Å². The highest BCUT2D eigenvalue weighted by Gasteiger charge is 2.79. The van der Waals surface area contributed by atoms with Crippen LogP contribution in [0.5, 0.6) is 0 Å². The monoisotopic (exact) mass is 564 g/mol. The van der Waals surface area contributed by atoms with Gasteiger partial charge in [-0.2, -0.15) is 0 Å². The molecule has 7 rings (SSSR count).